The van der Waals surface area contributed by atoms with Crippen LogP contribution >= 0.6 is 0 Å². The van der Waals surface area contributed by atoms with Gasteiger partial charge in [-0.2, -0.15) is 5.26 Å². The molecule has 0 saturated carbocycles. The molecule has 0 radical (unpaired) electrons. The Bertz CT molecular complexity index is 720. The van der Waals surface area contributed by atoms with Crippen molar-refractivity contribution in [2.75, 3.05) is 0 Å². The third kappa shape index (κ3) is 1.74. The third-order valence-electron chi connectivity index (χ3n) is 2.88. The van der Waals surface area contributed by atoms with Crippen molar-refractivity contribution < 1.29 is 4.52 Å². The van der Waals surface area contributed by atoms with Crippen molar-refractivity contribution in [3.8, 4) is 17.4 Å². The second-order valence-electron chi connectivity index (χ2n) is 4.06. The fraction of sp³-hybridized carbons (Fsp3) is 0.0667. The van der Waals surface area contributed by atoms with Crippen LogP contribution in [0.3, 0.4) is 0 Å². The number of hydrogen-bond acceptors (Lipinski definition) is 3. The van der Waals surface area contributed by atoms with Crippen molar-refractivity contribution in [2.24, 2.45) is 0 Å². The average Bonchev–Trinajstić information content (AvgIpc) is 2.84. The van der Waals surface area contributed by atoms with Gasteiger partial charge >= 0.3 is 0 Å². The molecular weight excluding hydrogens is 224 g/mol. The van der Waals surface area contributed by atoms with Gasteiger partial charge in [-0.05, 0) is 17.7 Å². The van der Waals surface area contributed by atoms with Crippen LogP contribution in [-0.2, 0) is 6.42 Å². The molecule has 3 rings (SSSR count). The lowest BCUT2D eigenvalue weighted by Crippen LogP contribution is -1.81. The monoisotopic (exact) mass is 234 g/mol. The normalized spacial score (nSPS) is 10.4. The van der Waals surface area contributed by atoms with E-state index in [-0.39, 0.29) is 0 Å². The first-order chi connectivity index (χ1) is 8.88. The highest BCUT2D eigenvalue weighted by Crippen LogP contribution is 2.28. The van der Waals surface area contributed by atoms with Gasteiger partial charge in [0.25, 0.3) is 0 Å². The Morgan fingerprint density at radius 3 is 2.61 bits per heavy atom. The Morgan fingerprint density at radius 2 is 1.83 bits per heavy atom. The van der Waals surface area contributed by atoms with E-state index in [0.717, 1.165) is 27.8 Å². The molecule has 2 aromatic carbocycles. The van der Waals surface area contributed by atoms with Crippen molar-refractivity contribution >= 4 is 10.9 Å². The van der Waals surface area contributed by atoms with E-state index < -0.39 is 0 Å². The molecule has 1 heterocycles. The molecule has 0 fully saturated rings. The highest BCUT2D eigenvalue weighted by Gasteiger charge is 2.09. The van der Waals surface area contributed by atoms with Crippen LogP contribution in [0, 0.1) is 11.3 Å². The van der Waals surface area contributed by atoms with Crippen LogP contribution in [0.5, 0.6) is 0 Å². The Kier molecular flexibility index (Phi) is 2.54. The number of nitriles is 1. The van der Waals surface area contributed by atoms with Gasteiger partial charge in [-0.3, -0.25) is 0 Å². The number of benzene rings is 2. The van der Waals surface area contributed by atoms with Gasteiger partial charge < -0.3 is 4.52 Å². The predicted molar refractivity (Wildman–Crippen MR) is 68.8 cm³/mol. The van der Waals surface area contributed by atoms with Crippen molar-refractivity contribution in [2.45, 2.75) is 6.42 Å². The summed E-state index contributed by atoms with van der Waals surface area (Å²) in [7, 11) is 0. The topological polar surface area (TPSA) is 49.8 Å². The minimum absolute atomic E-state index is 0.428. The number of fused-ring (bicyclic) bond motifs is 1. The van der Waals surface area contributed by atoms with Gasteiger partial charge in [-0.1, -0.05) is 41.6 Å². The molecule has 0 aliphatic rings. The molecule has 86 valence electrons. The fourth-order valence-corrected chi connectivity index (χ4v) is 1.96. The Balaban J connectivity index is 2.07. The number of nitrogens with zero attached hydrogens (tertiary/aromatic N) is 2. The van der Waals surface area contributed by atoms with Crippen molar-refractivity contribution in [3.05, 3.63) is 54.1 Å². The fourth-order valence-electron chi connectivity index (χ4n) is 1.96. The number of hydrogen-bond donors (Lipinski definition) is 0. The van der Waals surface area contributed by atoms with Crippen LogP contribution in [-0.4, -0.2) is 5.16 Å². The molecule has 3 heteroatoms. The molecule has 0 unspecified atom stereocenters. The summed E-state index contributed by atoms with van der Waals surface area (Å²) in [5, 5.41) is 13.7. The molecule has 3 nitrogen and oxygen atoms in total. The zero-order chi connectivity index (χ0) is 12.4. The molecule has 0 amide bonds. The zero-order valence-corrected chi connectivity index (χ0v) is 9.63. The first-order valence-corrected chi connectivity index (χ1v) is 5.69. The Labute approximate surface area is 104 Å². The van der Waals surface area contributed by atoms with Crippen LogP contribution in [0.2, 0.25) is 0 Å². The van der Waals surface area contributed by atoms with Gasteiger partial charge in [-0.15, -0.1) is 0 Å². The summed E-state index contributed by atoms with van der Waals surface area (Å²) in [6.45, 7) is 0. The molecule has 0 bridgehead atoms. The summed E-state index contributed by atoms with van der Waals surface area (Å²) in [5.74, 6) is 0.772. The van der Waals surface area contributed by atoms with E-state index >= 15 is 0 Å². The molecule has 18 heavy (non-hydrogen) atoms. The minimum Gasteiger partial charge on any atom is -0.355 e. The molecule has 0 aliphatic heterocycles. The van der Waals surface area contributed by atoms with E-state index in [1.807, 2.05) is 48.5 Å². The van der Waals surface area contributed by atoms with E-state index in [9.17, 15) is 0 Å². The first-order valence-electron chi connectivity index (χ1n) is 5.69. The lowest BCUT2D eigenvalue weighted by Gasteiger charge is -1.98. The van der Waals surface area contributed by atoms with Gasteiger partial charge in [0.05, 0.1) is 12.5 Å². The lowest BCUT2D eigenvalue weighted by molar-refractivity contribution is 0.441. The molecule has 0 saturated heterocycles. The quantitative estimate of drug-likeness (QED) is 0.681. The maximum Gasteiger partial charge on any atom is 0.174 e. The average molecular weight is 234 g/mol. The number of rotatable bonds is 2. The lowest BCUT2D eigenvalue weighted by atomic mass is 10.1. The van der Waals surface area contributed by atoms with Crippen molar-refractivity contribution in [1.82, 2.24) is 5.16 Å². The molecule has 3 aromatic rings. The van der Waals surface area contributed by atoms with Gasteiger partial charge in [0, 0.05) is 10.9 Å². The summed E-state index contributed by atoms with van der Waals surface area (Å²) in [4.78, 5) is 0. The summed E-state index contributed by atoms with van der Waals surface area (Å²) >= 11 is 0. The third-order valence-corrected chi connectivity index (χ3v) is 2.88. The molecule has 0 atom stereocenters. The molecular formula is C15H10N2O. The predicted octanol–water partition coefficient (Wildman–Crippen LogP) is 3.56. The highest BCUT2D eigenvalue weighted by molar-refractivity contribution is 5.91. The first kappa shape index (κ1) is 10.5. The van der Waals surface area contributed by atoms with Crippen molar-refractivity contribution in [1.29, 1.82) is 5.26 Å². The largest absolute Gasteiger partial charge is 0.355 e. The number of aromatic nitrogens is 1. The highest BCUT2D eigenvalue weighted by atomic mass is 16.5. The van der Waals surface area contributed by atoms with Crippen molar-refractivity contribution in [3.63, 3.8) is 0 Å². The van der Waals surface area contributed by atoms with Crippen LogP contribution in [0.4, 0.5) is 0 Å². The summed E-state index contributed by atoms with van der Waals surface area (Å²) in [6, 6.07) is 17.7. The van der Waals surface area contributed by atoms with Gasteiger partial charge in [0.2, 0.25) is 0 Å². The molecule has 0 spiro atoms. The van der Waals surface area contributed by atoms with Crippen LogP contribution in [0.15, 0.2) is 53.1 Å². The summed E-state index contributed by atoms with van der Waals surface area (Å²) < 4.78 is 5.39. The Morgan fingerprint density at radius 1 is 1.06 bits per heavy atom. The van der Waals surface area contributed by atoms with Crippen LogP contribution < -0.4 is 0 Å². The Hall–Kier alpha value is -2.60. The van der Waals surface area contributed by atoms with Crippen LogP contribution in [0.25, 0.3) is 22.2 Å². The molecule has 1 aromatic heterocycles. The van der Waals surface area contributed by atoms with E-state index in [0.29, 0.717) is 6.42 Å². The second-order valence-corrected chi connectivity index (χ2v) is 4.06. The van der Waals surface area contributed by atoms with E-state index in [1.54, 1.807) is 0 Å². The minimum atomic E-state index is 0.428. The maximum atomic E-state index is 8.64. The smallest absolute Gasteiger partial charge is 0.174 e. The molecule has 0 N–H and O–H groups in total. The second kappa shape index (κ2) is 4.34. The SMILES string of the molecule is N#CCc1ccc(-c2onc3ccccc23)cc1. The summed E-state index contributed by atoms with van der Waals surface area (Å²) in [6.07, 6.45) is 0.428. The summed E-state index contributed by atoms with van der Waals surface area (Å²) in [5.41, 5.74) is 2.84. The van der Waals surface area contributed by atoms with Crippen LogP contribution in [0.1, 0.15) is 5.56 Å². The van der Waals surface area contributed by atoms with Gasteiger partial charge in [0.15, 0.2) is 5.76 Å². The van der Waals surface area contributed by atoms with E-state index in [2.05, 4.69) is 11.2 Å². The van der Waals surface area contributed by atoms with E-state index in [4.69, 9.17) is 9.78 Å². The van der Waals surface area contributed by atoms with Gasteiger partial charge in [0.1, 0.15) is 5.52 Å². The standard InChI is InChI=1S/C15H10N2O/c16-10-9-11-5-7-12(8-6-11)15-13-3-1-2-4-14(13)17-18-15/h1-8H,9H2. The maximum absolute atomic E-state index is 8.64. The van der Waals surface area contributed by atoms with E-state index in [1.165, 1.54) is 0 Å². The molecule has 0 aliphatic carbocycles. The zero-order valence-electron chi connectivity index (χ0n) is 9.63. The van der Waals surface area contributed by atoms with Gasteiger partial charge in [-0.25, -0.2) is 0 Å².